The molecule has 1 aliphatic rings. The van der Waals surface area contributed by atoms with Crippen molar-refractivity contribution in [3.63, 3.8) is 0 Å². The molecule has 1 aliphatic carbocycles. The maximum Gasteiger partial charge on any atom is 0.398 e. The zero-order valence-electron chi connectivity index (χ0n) is 24.4. The van der Waals surface area contributed by atoms with Crippen LogP contribution in [0.5, 0.6) is 17.2 Å². The number of rotatable bonds is 10. The molecular weight excluding hydrogens is 618 g/mol. The minimum absolute atomic E-state index is 0.0284. The first-order valence-electron chi connectivity index (χ1n) is 14.1. The monoisotopic (exact) mass is 649 g/mol. The number of pyridine rings is 1. The Morgan fingerprint density at radius 1 is 1.07 bits per heavy atom. The van der Waals surface area contributed by atoms with Gasteiger partial charge < -0.3 is 24.1 Å². The molecule has 2 aromatic carbocycles. The van der Waals surface area contributed by atoms with Crippen LogP contribution in [0.2, 0.25) is 25.7 Å². The normalized spacial score (nSPS) is 14.7. The standard InChI is InChI=1S/C31H32F5N3O3SSi/c1-44(2,3)15-14-40-19-39-18-22(30(11-7-12-30)31(34,35)36)26-25(10-13-37-28(26)39)42-27-23(32)16-20(17-24(27)33)38-29(43)41-21-8-5-4-6-9-21/h4-6,8-10,13,16-18H,7,11-12,14-15,19H2,1-3H3,(H,38,43). The van der Waals surface area contributed by atoms with E-state index < -0.39 is 37.0 Å². The van der Waals surface area contributed by atoms with Gasteiger partial charge in [0.1, 0.15) is 23.9 Å². The van der Waals surface area contributed by atoms with Gasteiger partial charge in [-0.25, -0.2) is 13.8 Å². The van der Waals surface area contributed by atoms with Crippen molar-refractivity contribution in [2.75, 3.05) is 11.9 Å². The van der Waals surface area contributed by atoms with Crippen LogP contribution in [-0.4, -0.2) is 35.6 Å². The van der Waals surface area contributed by atoms with E-state index in [0.29, 0.717) is 18.8 Å². The predicted molar refractivity (Wildman–Crippen MR) is 165 cm³/mol. The van der Waals surface area contributed by atoms with E-state index in [2.05, 4.69) is 29.9 Å². The lowest BCUT2D eigenvalue weighted by Crippen LogP contribution is -2.47. The van der Waals surface area contributed by atoms with Crippen LogP contribution in [0.4, 0.5) is 27.6 Å². The predicted octanol–water partition coefficient (Wildman–Crippen LogP) is 9.18. The third-order valence-electron chi connectivity index (χ3n) is 7.62. The summed E-state index contributed by atoms with van der Waals surface area (Å²) in [5.74, 6) is -2.69. The quantitative estimate of drug-likeness (QED) is 0.0800. The van der Waals surface area contributed by atoms with Crippen molar-refractivity contribution in [1.29, 1.82) is 0 Å². The number of hydrogen-bond acceptors (Lipinski definition) is 5. The molecule has 0 bridgehead atoms. The Kier molecular flexibility index (Phi) is 9.01. The molecular formula is C31H32F5N3O3SSi. The van der Waals surface area contributed by atoms with Gasteiger partial charge in [0, 0.05) is 44.9 Å². The molecule has 6 nitrogen and oxygen atoms in total. The van der Waals surface area contributed by atoms with Crippen LogP contribution in [0.25, 0.3) is 11.0 Å². The molecule has 1 saturated carbocycles. The molecule has 0 saturated heterocycles. The Hall–Kier alpha value is -3.55. The summed E-state index contributed by atoms with van der Waals surface area (Å²) in [4.78, 5) is 4.33. The van der Waals surface area contributed by atoms with Gasteiger partial charge in [-0.15, -0.1) is 0 Å². The summed E-state index contributed by atoms with van der Waals surface area (Å²) in [6, 6.07) is 12.7. The summed E-state index contributed by atoms with van der Waals surface area (Å²) in [6.45, 7) is 7.01. The SMILES string of the molecule is C[Si](C)(C)CCOCn1cc(C2(C(F)(F)F)CCC2)c2c(Oc3c(F)cc(NC(=S)Oc4ccccc4)cc3F)ccnc21. The molecule has 4 aromatic rings. The maximum absolute atomic E-state index is 15.3. The van der Waals surface area contributed by atoms with Crippen molar-refractivity contribution in [3.05, 3.63) is 78.1 Å². The van der Waals surface area contributed by atoms with Crippen LogP contribution in [0.3, 0.4) is 0 Å². The van der Waals surface area contributed by atoms with Gasteiger partial charge >= 0.3 is 6.18 Å². The zero-order chi connectivity index (χ0) is 31.7. The molecule has 0 atom stereocenters. The molecule has 0 spiro atoms. The second-order valence-electron chi connectivity index (χ2n) is 12.0. The Bertz CT molecular complexity index is 1630. The number of halogens is 5. The summed E-state index contributed by atoms with van der Waals surface area (Å²) in [5.41, 5.74) is -2.05. The number of para-hydroxylation sites is 1. The number of nitrogens with one attached hydrogen (secondary N) is 1. The third-order valence-corrected chi connectivity index (χ3v) is 9.51. The average molecular weight is 650 g/mol. The molecule has 2 aromatic heterocycles. The Labute approximate surface area is 258 Å². The van der Waals surface area contributed by atoms with Crippen molar-refractivity contribution in [1.82, 2.24) is 9.55 Å². The fourth-order valence-corrected chi connectivity index (χ4v) is 6.06. The van der Waals surface area contributed by atoms with Crippen LogP contribution in [0.15, 0.2) is 60.9 Å². The van der Waals surface area contributed by atoms with Crippen LogP contribution in [-0.2, 0) is 16.9 Å². The highest BCUT2D eigenvalue weighted by atomic mass is 32.1. The largest absolute Gasteiger partial charge is 0.450 e. The fraction of sp³-hybridized carbons (Fsp3) is 0.355. The fourth-order valence-electron chi connectivity index (χ4n) is 5.09. The van der Waals surface area contributed by atoms with Crippen molar-refractivity contribution < 1.29 is 36.2 Å². The average Bonchev–Trinajstić information content (AvgIpc) is 3.26. The van der Waals surface area contributed by atoms with E-state index in [-0.39, 0.29) is 52.8 Å². The van der Waals surface area contributed by atoms with Gasteiger partial charge in [-0.1, -0.05) is 44.3 Å². The number of ether oxygens (including phenoxy) is 3. The number of nitrogens with zero attached hydrogens (tertiary/aromatic N) is 2. The van der Waals surface area contributed by atoms with Gasteiger partial charge in [-0.3, -0.25) is 0 Å². The van der Waals surface area contributed by atoms with Crippen molar-refractivity contribution >= 4 is 42.2 Å². The number of hydrogen-bond donors (Lipinski definition) is 1. The Morgan fingerprint density at radius 3 is 2.34 bits per heavy atom. The van der Waals surface area contributed by atoms with E-state index in [0.717, 1.165) is 18.2 Å². The molecule has 0 unspecified atom stereocenters. The third kappa shape index (κ3) is 6.74. The zero-order valence-corrected chi connectivity index (χ0v) is 26.2. The highest BCUT2D eigenvalue weighted by molar-refractivity contribution is 7.80. The molecule has 5 rings (SSSR count). The van der Waals surface area contributed by atoms with E-state index in [4.69, 9.17) is 26.4 Å². The topological polar surface area (TPSA) is 57.5 Å². The highest BCUT2D eigenvalue weighted by Gasteiger charge is 2.60. The first kappa shape index (κ1) is 31.9. The van der Waals surface area contributed by atoms with Crippen molar-refractivity contribution in [3.8, 4) is 17.2 Å². The number of fused-ring (bicyclic) bond motifs is 1. The number of alkyl halides is 3. The molecule has 234 valence electrons. The summed E-state index contributed by atoms with van der Waals surface area (Å²) >= 11 is 5.13. The minimum atomic E-state index is -4.56. The molecule has 13 heteroatoms. The summed E-state index contributed by atoms with van der Waals surface area (Å²) in [7, 11) is -1.40. The van der Waals surface area contributed by atoms with E-state index in [1.807, 2.05) is 0 Å². The van der Waals surface area contributed by atoms with Crippen LogP contribution < -0.4 is 14.8 Å². The summed E-state index contributed by atoms with van der Waals surface area (Å²) < 4.78 is 92.7. The minimum Gasteiger partial charge on any atom is -0.450 e. The number of anilines is 1. The van der Waals surface area contributed by atoms with Crippen LogP contribution in [0, 0.1) is 11.6 Å². The lowest BCUT2D eigenvalue weighted by Gasteiger charge is -2.43. The smallest absolute Gasteiger partial charge is 0.398 e. The van der Waals surface area contributed by atoms with Gasteiger partial charge in [0.2, 0.25) is 0 Å². The van der Waals surface area contributed by atoms with Gasteiger partial charge in [-0.2, -0.15) is 13.2 Å². The summed E-state index contributed by atoms with van der Waals surface area (Å²) in [6.07, 6.45) is -1.68. The maximum atomic E-state index is 15.3. The van der Waals surface area contributed by atoms with E-state index in [1.54, 1.807) is 30.3 Å². The van der Waals surface area contributed by atoms with Gasteiger partial charge in [-0.05, 0) is 54.9 Å². The van der Waals surface area contributed by atoms with Gasteiger partial charge in [0.15, 0.2) is 17.4 Å². The van der Waals surface area contributed by atoms with Crippen LogP contribution >= 0.6 is 12.2 Å². The highest BCUT2D eigenvalue weighted by Crippen LogP contribution is 2.57. The second-order valence-corrected chi connectivity index (χ2v) is 18.0. The molecule has 1 N–H and O–H groups in total. The molecule has 44 heavy (non-hydrogen) atoms. The van der Waals surface area contributed by atoms with Gasteiger partial charge in [0.05, 0.1) is 10.8 Å². The Balaban J connectivity index is 1.47. The van der Waals surface area contributed by atoms with Crippen molar-refractivity contribution in [2.45, 2.75) is 63.3 Å². The second kappa shape index (κ2) is 12.4. The van der Waals surface area contributed by atoms with E-state index in [9.17, 15) is 13.2 Å². The summed E-state index contributed by atoms with van der Waals surface area (Å²) in [5, 5.41) is 2.51. The number of benzene rings is 2. The molecule has 1 fully saturated rings. The number of thiocarbonyl (C=S) groups is 1. The molecule has 0 radical (unpaired) electrons. The first-order valence-corrected chi connectivity index (χ1v) is 18.2. The van der Waals surface area contributed by atoms with Crippen LogP contribution in [0.1, 0.15) is 24.8 Å². The molecule has 0 amide bonds. The van der Waals surface area contributed by atoms with E-state index in [1.165, 1.54) is 23.0 Å². The van der Waals surface area contributed by atoms with Gasteiger partial charge in [0.25, 0.3) is 5.17 Å². The molecule has 0 aliphatic heterocycles. The molecule has 2 heterocycles. The van der Waals surface area contributed by atoms with E-state index >= 15 is 8.78 Å². The Morgan fingerprint density at radius 2 is 1.75 bits per heavy atom. The number of aromatic nitrogens is 2. The van der Waals surface area contributed by atoms with Crippen molar-refractivity contribution in [2.24, 2.45) is 0 Å². The lowest BCUT2D eigenvalue weighted by atomic mass is 9.64. The lowest BCUT2D eigenvalue weighted by molar-refractivity contribution is -0.212. The first-order chi connectivity index (χ1) is 20.8.